The van der Waals surface area contributed by atoms with Crippen molar-refractivity contribution < 1.29 is 0 Å². The Balaban J connectivity index is 1.67. The van der Waals surface area contributed by atoms with Crippen LogP contribution in [0.5, 0.6) is 0 Å². The zero-order valence-electron chi connectivity index (χ0n) is 12.8. The zero-order chi connectivity index (χ0) is 14.7. The number of hydrogen-bond donors (Lipinski definition) is 1. The van der Waals surface area contributed by atoms with E-state index in [4.69, 9.17) is 0 Å². The molecule has 1 aliphatic rings. The highest BCUT2D eigenvalue weighted by Gasteiger charge is 2.43. The molecule has 1 saturated carbocycles. The molecule has 1 aromatic carbocycles. The number of benzene rings is 1. The van der Waals surface area contributed by atoms with Gasteiger partial charge in [0, 0.05) is 13.0 Å². The standard InChI is InChI=1S/C16H23N5/c1-13(2)11-17-12-16(8-9-16)10-15-18-19-20-21(15)14-6-4-3-5-7-14/h3-7,13,17H,8-12H2,1-2H3. The van der Waals surface area contributed by atoms with E-state index in [1.165, 1.54) is 12.8 Å². The lowest BCUT2D eigenvalue weighted by atomic mass is 10.0. The van der Waals surface area contributed by atoms with E-state index in [0.29, 0.717) is 11.3 Å². The van der Waals surface area contributed by atoms with Gasteiger partial charge in [-0.15, -0.1) is 5.10 Å². The maximum absolute atomic E-state index is 4.24. The summed E-state index contributed by atoms with van der Waals surface area (Å²) >= 11 is 0. The summed E-state index contributed by atoms with van der Waals surface area (Å²) in [5, 5.41) is 15.8. The molecular weight excluding hydrogens is 262 g/mol. The van der Waals surface area contributed by atoms with Crippen molar-refractivity contribution in [2.75, 3.05) is 13.1 Å². The Labute approximate surface area is 125 Å². The lowest BCUT2D eigenvalue weighted by Crippen LogP contribution is -2.29. The summed E-state index contributed by atoms with van der Waals surface area (Å²) in [4.78, 5) is 0. The fourth-order valence-electron chi connectivity index (χ4n) is 2.64. The van der Waals surface area contributed by atoms with E-state index in [1.54, 1.807) is 0 Å². The first-order valence-corrected chi connectivity index (χ1v) is 7.72. The Bertz CT molecular complexity index is 571. The molecular formula is C16H23N5. The molecule has 112 valence electrons. The quantitative estimate of drug-likeness (QED) is 0.847. The van der Waals surface area contributed by atoms with E-state index in [9.17, 15) is 0 Å². The number of para-hydroxylation sites is 1. The van der Waals surface area contributed by atoms with Gasteiger partial charge in [0.15, 0.2) is 5.82 Å². The molecule has 1 aromatic heterocycles. The SMILES string of the molecule is CC(C)CNCC1(Cc2nnnn2-c2ccccc2)CC1. The number of nitrogens with one attached hydrogen (secondary N) is 1. The van der Waals surface area contributed by atoms with Crippen molar-refractivity contribution in [3.8, 4) is 5.69 Å². The molecule has 0 bridgehead atoms. The van der Waals surface area contributed by atoms with E-state index in [0.717, 1.165) is 31.0 Å². The van der Waals surface area contributed by atoms with Gasteiger partial charge in [-0.05, 0) is 53.3 Å². The molecule has 3 rings (SSSR count). The van der Waals surface area contributed by atoms with E-state index in [-0.39, 0.29) is 0 Å². The van der Waals surface area contributed by atoms with E-state index in [2.05, 4.69) is 34.7 Å². The number of hydrogen-bond acceptors (Lipinski definition) is 4. The monoisotopic (exact) mass is 285 g/mol. The van der Waals surface area contributed by atoms with Crippen molar-refractivity contribution in [3.63, 3.8) is 0 Å². The normalized spacial score (nSPS) is 16.3. The van der Waals surface area contributed by atoms with Crippen LogP contribution in [-0.2, 0) is 6.42 Å². The molecule has 21 heavy (non-hydrogen) atoms. The molecule has 1 heterocycles. The van der Waals surface area contributed by atoms with Gasteiger partial charge in [0.2, 0.25) is 0 Å². The number of tetrazole rings is 1. The fourth-order valence-corrected chi connectivity index (χ4v) is 2.64. The van der Waals surface area contributed by atoms with Gasteiger partial charge in [-0.2, -0.15) is 4.68 Å². The summed E-state index contributed by atoms with van der Waals surface area (Å²) < 4.78 is 1.86. The summed E-state index contributed by atoms with van der Waals surface area (Å²) in [6.45, 7) is 6.61. The number of nitrogens with zero attached hydrogens (tertiary/aromatic N) is 4. The van der Waals surface area contributed by atoms with Crippen LogP contribution >= 0.6 is 0 Å². The molecule has 1 fully saturated rings. The van der Waals surface area contributed by atoms with Crippen LogP contribution < -0.4 is 5.32 Å². The zero-order valence-corrected chi connectivity index (χ0v) is 12.8. The van der Waals surface area contributed by atoms with Crippen LogP contribution in [0.4, 0.5) is 0 Å². The predicted octanol–water partition coefficient (Wildman–Crippen LogP) is 2.23. The van der Waals surface area contributed by atoms with Crippen molar-refractivity contribution in [2.45, 2.75) is 33.1 Å². The van der Waals surface area contributed by atoms with Gasteiger partial charge in [-0.1, -0.05) is 32.0 Å². The van der Waals surface area contributed by atoms with E-state index >= 15 is 0 Å². The van der Waals surface area contributed by atoms with Gasteiger partial charge in [-0.25, -0.2) is 0 Å². The molecule has 0 aliphatic heterocycles. The van der Waals surface area contributed by atoms with Crippen molar-refractivity contribution >= 4 is 0 Å². The highest BCUT2D eigenvalue weighted by Crippen LogP contribution is 2.47. The molecule has 0 radical (unpaired) electrons. The van der Waals surface area contributed by atoms with Crippen molar-refractivity contribution in [2.24, 2.45) is 11.3 Å². The first-order chi connectivity index (χ1) is 10.2. The number of rotatable bonds is 7. The van der Waals surface area contributed by atoms with Gasteiger partial charge < -0.3 is 5.32 Å². The van der Waals surface area contributed by atoms with Crippen LogP contribution in [0, 0.1) is 11.3 Å². The third kappa shape index (κ3) is 3.47. The topological polar surface area (TPSA) is 55.6 Å². The van der Waals surface area contributed by atoms with E-state index in [1.807, 2.05) is 35.0 Å². The Morgan fingerprint density at radius 3 is 2.67 bits per heavy atom. The van der Waals surface area contributed by atoms with Gasteiger partial charge >= 0.3 is 0 Å². The van der Waals surface area contributed by atoms with Crippen LogP contribution in [-0.4, -0.2) is 33.3 Å². The minimum atomic E-state index is 0.357. The fraction of sp³-hybridized carbons (Fsp3) is 0.562. The summed E-state index contributed by atoms with van der Waals surface area (Å²) in [6.07, 6.45) is 3.47. The van der Waals surface area contributed by atoms with Crippen molar-refractivity contribution in [3.05, 3.63) is 36.2 Å². The maximum Gasteiger partial charge on any atom is 0.157 e. The molecule has 0 saturated heterocycles. The Hall–Kier alpha value is -1.75. The van der Waals surface area contributed by atoms with Crippen LogP contribution in [0.15, 0.2) is 30.3 Å². The summed E-state index contributed by atoms with van der Waals surface area (Å²) in [7, 11) is 0. The molecule has 0 unspecified atom stereocenters. The van der Waals surface area contributed by atoms with Crippen LogP contribution in [0.3, 0.4) is 0 Å². The Morgan fingerprint density at radius 1 is 1.24 bits per heavy atom. The molecule has 0 atom stereocenters. The van der Waals surface area contributed by atoms with Crippen LogP contribution in [0.1, 0.15) is 32.5 Å². The van der Waals surface area contributed by atoms with E-state index < -0.39 is 0 Å². The lowest BCUT2D eigenvalue weighted by Gasteiger charge is -2.16. The molecule has 1 aliphatic carbocycles. The first kappa shape index (κ1) is 14.2. The van der Waals surface area contributed by atoms with Gasteiger partial charge in [0.25, 0.3) is 0 Å². The second-order valence-corrected chi connectivity index (χ2v) is 6.54. The molecule has 0 spiro atoms. The Morgan fingerprint density at radius 2 is 2.00 bits per heavy atom. The largest absolute Gasteiger partial charge is 0.316 e. The lowest BCUT2D eigenvalue weighted by molar-refractivity contribution is 0.421. The average molecular weight is 285 g/mol. The van der Waals surface area contributed by atoms with Crippen LogP contribution in [0.2, 0.25) is 0 Å². The van der Waals surface area contributed by atoms with Gasteiger partial charge in [0.05, 0.1) is 5.69 Å². The third-order valence-corrected chi connectivity index (χ3v) is 4.08. The number of aromatic nitrogens is 4. The molecule has 1 N–H and O–H groups in total. The average Bonchev–Trinajstić information content (AvgIpc) is 3.07. The summed E-state index contributed by atoms with van der Waals surface area (Å²) in [5.41, 5.74) is 1.39. The smallest absolute Gasteiger partial charge is 0.157 e. The van der Waals surface area contributed by atoms with Crippen molar-refractivity contribution in [1.82, 2.24) is 25.5 Å². The Kier molecular flexibility index (Phi) is 4.01. The minimum absolute atomic E-state index is 0.357. The second kappa shape index (κ2) is 5.93. The predicted molar refractivity (Wildman–Crippen MR) is 82.2 cm³/mol. The highest BCUT2D eigenvalue weighted by atomic mass is 15.5. The maximum atomic E-state index is 4.24. The van der Waals surface area contributed by atoms with Gasteiger partial charge in [-0.3, -0.25) is 0 Å². The molecule has 2 aromatic rings. The highest BCUT2D eigenvalue weighted by molar-refractivity contribution is 5.30. The van der Waals surface area contributed by atoms with Gasteiger partial charge in [0.1, 0.15) is 0 Å². The molecule has 5 heteroatoms. The molecule has 5 nitrogen and oxygen atoms in total. The summed E-state index contributed by atoms with van der Waals surface area (Å²) in [6, 6.07) is 10.1. The second-order valence-electron chi connectivity index (χ2n) is 6.54. The van der Waals surface area contributed by atoms with Crippen LogP contribution in [0.25, 0.3) is 5.69 Å². The molecule has 0 amide bonds. The van der Waals surface area contributed by atoms with Crippen molar-refractivity contribution in [1.29, 1.82) is 0 Å². The minimum Gasteiger partial charge on any atom is -0.316 e. The summed E-state index contributed by atoms with van der Waals surface area (Å²) in [5.74, 6) is 1.65. The third-order valence-electron chi connectivity index (χ3n) is 4.08. The first-order valence-electron chi connectivity index (χ1n) is 7.72.